The number of hydrogen-bond acceptors (Lipinski definition) is 15. The SMILES string of the molecule is CCCCCCCCCCCCCCCCOC[C@H]1O[C@H](OC[C@H]2O[C@@H](NC(=O)NC3CCCCC3N3CCCCC3)[C@H](OC(C)=O)[C@@H](OC(C)=O)[C@@H]2OC(C)=O)[C@H](OCCCCCCCCCCCCCCCC)[C@@H](OCCCCCCCCCCCCCCCC)[C@H]1OCCCCCCCCCCCCCCCC. The molecule has 3 heterocycles. The van der Waals surface area contributed by atoms with Gasteiger partial charge in [0.1, 0.15) is 30.5 Å². The van der Waals surface area contributed by atoms with Gasteiger partial charge in [0, 0.05) is 59.3 Å². The minimum atomic E-state index is -1.40. The lowest BCUT2D eigenvalue weighted by molar-refractivity contribution is -0.333. The number of unbranched alkanes of at least 4 members (excludes halogenated alkanes) is 52. The molecule has 0 spiro atoms. The number of ether oxygens (including phenoxy) is 10. The van der Waals surface area contributed by atoms with Crippen LogP contribution in [0, 0.1) is 0 Å². The summed E-state index contributed by atoms with van der Waals surface area (Å²) in [5, 5.41) is 6.29. The van der Waals surface area contributed by atoms with E-state index in [0.29, 0.717) is 26.4 Å². The highest BCUT2D eigenvalue weighted by Crippen LogP contribution is 2.35. The molecule has 2 unspecified atom stereocenters. The molecule has 111 heavy (non-hydrogen) atoms. The zero-order valence-electron chi connectivity index (χ0n) is 73.3. The Morgan fingerprint density at radius 3 is 1.02 bits per heavy atom. The van der Waals surface area contributed by atoms with Crippen molar-refractivity contribution in [3.05, 3.63) is 0 Å². The molecule has 17 heteroatoms. The number of carbonyl (C=O) groups excluding carboxylic acids is 4. The number of urea groups is 1. The van der Waals surface area contributed by atoms with Crippen LogP contribution in [0.15, 0.2) is 0 Å². The summed E-state index contributed by atoms with van der Waals surface area (Å²) in [6.07, 6.45) is 68.0. The van der Waals surface area contributed by atoms with Crippen LogP contribution in [0.4, 0.5) is 4.79 Å². The van der Waals surface area contributed by atoms with Gasteiger partial charge in [-0.3, -0.25) is 19.3 Å². The predicted molar refractivity (Wildman–Crippen MR) is 454 cm³/mol. The van der Waals surface area contributed by atoms with Crippen molar-refractivity contribution in [3.8, 4) is 0 Å². The Labute approximate surface area is 681 Å². The fourth-order valence-electron chi connectivity index (χ4n) is 17.5. The van der Waals surface area contributed by atoms with E-state index in [0.717, 1.165) is 116 Å². The van der Waals surface area contributed by atoms with Gasteiger partial charge in [-0.2, -0.15) is 0 Å². The lowest BCUT2D eigenvalue weighted by atomic mass is 9.88. The molecule has 3 saturated heterocycles. The molecule has 4 fully saturated rings. The summed E-state index contributed by atoms with van der Waals surface area (Å²) in [4.78, 5) is 56.8. The van der Waals surface area contributed by atoms with E-state index in [2.05, 4.69) is 43.2 Å². The van der Waals surface area contributed by atoms with Crippen LogP contribution in [0.5, 0.6) is 0 Å². The summed E-state index contributed by atoms with van der Waals surface area (Å²) in [6.45, 7) is 17.0. The number of rotatable bonds is 74. The van der Waals surface area contributed by atoms with Crippen molar-refractivity contribution < 1.29 is 66.5 Å². The second-order valence-electron chi connectivity index (χ2n) is 34.3. The first kappa shape index (κ1) is 101. The highest BCUT2D eigenvalue weighted by Gasteiger charge is 2.54. The lowest BCUT2D eigenvalue weighted by Crippen LogP contribution is -2.68. The summed E-state index contributed by atoms with van der Waals surface area (Å²) in [5.74, 6) is -2.07. The zero-order chi connectivity index (χ0) is 79.5. The molecular weight excluding hydrogens is 1400 g/mol. The maximum absolute atomic E-state index is 14.5. The quantitative estimate of drug-likeness (QED) is 0.0332. The lowest BCUT2D eigenvalue weighted by Gasteiger charge is -2.47. The Morgan fingerprint density at radius 1 is 0.306 bits per heavy atom. The van der Waals surface area contributed by atoms with Crippen LogP contribution in [0.25, 0.3) is 0 Å². The molecule has 0 aromatic rings. The topological polar surface area (TPSA) is 188 Å². The van der Waals surface area contributed by atoms with Crippen LogP contribution in [-0.4, -0.2) is 155 Å². The first-order chi connectivity index (χ1) is 54.5. The third-order valence-electron chi connectivity index (χ3n) is 24.1. The number of nitrogens with one attached hydrogen (secondary N) is 2. The highest BCUT2D eigenvalue weighted by atomic mass is 16.7. The van der Waals surface area contributed by atoms with Crippen molar-refractivity contribution >= 4 is 23.9 Å². The monoisotopic (exact) mass is 1570 g/mol. The van der Waals surface area contributed by atoms with E-state index in [-0.39, 0.29) is 25.3 Å². The average molecular weight is 1570 g/mol. The molecule has 0 aromatic carbocycles. The number of carbonyl (C=O) groups is 4. The van der Waals surface area contributed by atoms with Gasteiger partial charge < -0.3 is 58.0 Å². The van der Waals surface area contributed by atoms with Gasteiger partial charge in [-0.05, 0) is 64.5 Å². The Kier molecular flexibility index (Phi) is 63.9. The van der Waals surface area contributed by atoms with Crippen LogP contribution in [0.2, 0.25) is 0 Å². The molecule has 17 nitrogen and oxygen atoms in total. The molecule has 0 bridgehead atoms. The summed E-state index contributed by atoms with van der Waals surface area (Å²) >= 11 is 0. The van der Waals surface area contributed by atoms with Crippen molar-refractivity contribution in [3.63, 3.8) is 0 Å². The van der Waals surface area contributed by atoms with Crippen molar-refractivity contribution in [2.75, 3.05) is 52.7 Å². The van der Waals surface area contributed by atoms with Crippen molar-refractivity contribution in [2.45, 2.75) is 526 Å². The van der Waals surface area contributed by atoms with Crippen LogP contribution in [0.3, 0.4) is 0 Å². The summed E-state index contributed by atoms with van der Waals surface area (Å²) < 4.78 is 67.7. The molecule has 652 valence electrons. The van der Waals surface area contributed by atoms with Gasteiger partial charge in [-0.1, -0.05) is 381 Å². The van der Waals surface area contributed by atoms with E-state index >= 15 is 0 Å². The second kappa shape index (κ2) is 70.4. The number of amides is 2. The first-order valence-corrected chi connectivity index (χ1v) is 48.2. The van der Waals surface area contributed by atoms with Crippen molar-refractivity contribution in [1.82, 2.24) is 15.5 Å². The molecule has 3 aliphatic heterocycles. The molecule has 4 rings (SSSR count). The molecule has 0 radical (unpaired) electrons. The van der Waals surface area contributed by atoms with E-state index in [1.807, 2.05) is 0 Å². The summed E-state index contributed by atoms with van der Waals surface area (Å²) in [5.41, 5.74) is 0. The van der Waals surface area contributed by atoms with Crippen LogP contribution in [-0.2, 0) is 61.8 Å². The van der Waals surface area contributed by atoms with Crippen molar-refractivity contribution in [1.29, 1.82) is 0 Å². The standard InChI is InChI=1S/C94H177N3O14/c1-8-12-16-20-24-28-32-36-40-44-48-52-56-65-73-102-77-84-86(103-74-66-57-53-49-45-41-37-33-29-25-21-17-13-9-2)88(104-75-67-58-54-50-46-42-38-34-30-26-22-18-14-10-3)91(105-76-68-59-55-51-47-43-39-35-31-27-23-19-15-11-4)93(111-84)106-78-85-87(107-79(5)98)89(108-80(6)99)90(109-81(7)100)92(110-85)96-94(101)95-82-69-61-62-70-83(82)97-71-63-60-64-72-97/h82-93H,8-78H2,1-7H3,(H2,95,96,101)/t82?,83?,84-,85-,86+,87-,88+,89+,90-,91-,92-,93+/m1/s1. The molecule has 2 N–H and O–H groups in total. The van der Waals surface area contributed by atoms with E-state index in [9.17, 15) is 19.2 Å². The largest absolute Gasteiger partial charge is 0.456 e. The Hall–Kier alpha value is -2.64. The number of nitrogens with zero attached hydrogens (tertiary/aromatic N) is 1. The third kappa shape index (κ3) is 50.0. The van der Waals surface area contributed by atoms with Crippen LogP contribution >= 0.6 is 0 Å². The normalized spacial score (nSPS) is 23.1. The van der Waals surface area contributed by atoms with Gasteiger partial charge in [0.25, 0.3) is 0 Å². The number of hydrogen-bond donors (Lipinski definition) is 2. The van der Waals surface area contributed by atoms with Crippen LogP contribution in [0.1, 0.15) is 453 Å². The first-order valence-electron chi connectivity index (χ1n) is 48.2. The number of piperidine rings is 1. The molecule has 2 amide bonds. The Morgan fingerprint density at radius 2 is 0.631 bits per heavy atom. The maximum atomic E-state index is 14.5. The fraction of sp³-hybridized carbons (Fsp3) is 0.957. The molecule has 1 aliphatic carbocycles. The van der Waals surface area contributed by atoms with E-state index in [1.54, 1.807) is 0 Å². The zero-order valence-corrected chi connectivity index (χ0v) is 73.3. The van der Waals surface area contributed by atoms with Gasteiger partial charge >= 0.3 is 23.9 Å². The number of esters is 3. The minimum absolute atomic E-state index is 0.123. The molecule has 0 aromatic heterocycles. The summed E-state index contributed by atoms with van der Waals surface area (Å²) in [7, 11) is 0. The van der Waals surface area contributed by atoms with Gasteiger partial charge in [-0.15, -0.1) is 0 Å². The van der Waals surface area contributed by atoms with E-state index in [4.69, 9.17) is 47.4 Å². The second-order valence-corrected chi connectivity index (χ2v) is 34.3. The molecule has 1 saturated carbocycles. The van der Waals surface area contributed by atoms with Gasteiger partial charge in [0.15, 0.2) is 30.8 Å². The predicted octanol–water partition coefficient (Wildman–Crippen LogP) is 24.4. The van der Waals surface area contributed by atoms with Gasteiger partial charge in [0.05, 0.1) is 13.2 Å². The minimum Gasteiger partial charge on any atom is -0.456 e. The molecule has 4 aliphatic rings. The smallest absolute Gasteiger partial charge is 0.317 e. The fourth-order valence-corrected chi connectivity index (χ4v) is 17.5. The number of likely N-dealkylation sites (tertiary alicyclic amines) is 1. The Balaban J connectivity index is 1.63. The molecule has 12 atom stereocenters. The Bertz CT molecular complexity index is 2160. The maximum Gasteiger partial charge on any atom is 0.317 e. The summed E-state index contributed by atoms with van der Waals surface area (Å²) in [6, 6.07) is -0.451. The third-order valence-corrected chi connectivity index (χ3v) is 24.1. The van der Waals surface area contributed by atoms with Crippen LogP contribution < -0.4 is 10.6 Å². The average Bonchev–Trinajstić information content (AvgIpc) is 0.781. The van der Waals surface area contributed by atoms with Gasteiger partial charge in [-0.25, -0.2) is 4.79 Å². The molecular formula is C94H177N3O14. The van der Waals surface area contributed by atoms with E-state index < -0.39 is 85.3 Å². The highest BCUT2D eigenvalue weighted by molar-refractivity contribution is 5.75. The van der Waals surface area contributed by atoms with E-state index in [1.165, 1.54) is 323 Å². The van der Waals surface area contributed by atoms with Gasteiger partial charge in [0.2, 0.25) is 0 Å². The van der Waals surface area contributed by atoms with Crippen molar-refractivity contribution in [2.24, 2.45) is 0 Å².